The van der Waals surface area contributed by atoms with Gasteiger partial charge in [0.15, 0.2) is 18.4 Å². The van der Waals surface area contributed by atoms with Crippen molar-refractivity contribution in [3.8, 4) is 0 Å². The van der Waals surface area contributed by atoms with Gasteiger partial charge in [-0.3, -0.25) is 9.59 Å². The van der Waals surface area contributed by atoms with Crippen molar-refractivity contribution in [1.29, 1.82) is 0 Å². The van der Waals surface area contributed by atoms with E-state index in [1.165, 1.54) is 7.11 Å². The standard InChI is InChI=1S/C23H26O7/c1-12-10-23-15(18(12)24)9-14(20(25)26-2)17(23)22(27-3)29-16-11-28-21(30-19(16)23)13-7-5-4-6-8-13/h4-8,10,14-17,19,21-22H,9,11H2,1-3H3/t14-,15-,16-,17-,19-,21-,22+,23-/m1/s1. The summed E-state index contributed by atoms with van der Waals surface area (Å²) in [7, 11) is 2.93. The summed E-state index contributed by atoms with van der Waals surface area (Å²) in [5, 5.41) is 0. The zero-order chi connectivity index (χ0) is 21.0. The highest BCUT2D eigenvalue weighted by molar-refractivity contribution is 6.01. The molecule has 160 valence electrons. The molecule has 5 rings (SSSR count). The van der Waals surface area contributed by atoms with Gasteiger partial charge < -0.3 is 23.7 Å². The van der Waals surface area contributed by atoms with E-state index in [1.807, 2.05) is 43.3 Å². The lowest BCUT2D eigenvalue weighted by atomic mass is 9.65. The van der Waals surface area contributed by atoms with E-state index < -0.39 is 36.1 Å². The molecule has 1 saturated carbocycles. The normalized spacial score (nSPS) is 42.2. The topological polar surface area (TPSA) is 80.3 Å². The van der Waals surface area contributed by atoms with Crippen molar-refractivity contribution in [2.75, 3.05) is 20.8 Å². The molecule has 8 atom stereocenters. The van der Waals surface area contributed by atoms with Crippen LogP contribution in [0.25, 0.3) is 0 Å². The molecule has 2 aliphatic carbocycles. The summed E-state index contributed by atoms with van der Waals surface area (Å²) in [5.74, 6) is -1.52. The maximum atomic E-state index is 13.1. The highest BCUT2D eigenvalue weighted by atomic mass is 16.7. The number of fused-ring (bicyclic) bond motifs is 1. The number of allylic oxidation sites excluding steroid dienone is 1. The van der Waals surface area contributed by atoms with Gasteiger partial charge in [0.25, 0.3) is 0 Å². The fourth-order valence-corrected chi connectivity index (χ4v) is 6.05. The average molecular weight is 414 g/mol. The molecule has 1 aromatic rings. The average Bonchev–Trinajstić information content (AvgIpc) is 3.24. The summed E-state index contributed by atoms with van der Waals surface area (Å²) in [4.78, 5) is 25.8. The Balaban J connectivity index is 1.59. The van der Waals surface area contributed by atoms with Crippen LogP contribution in [0, 0.1) is 23.2 Å². The van der Waals surface area contributed by atoms with Crippen LogP contribution in [0.3, 0.4) is 0 Å². The Morgan fingerprint density at radius 3 is 2.63 bits per heavy atom. The molecule has 0 bridgehead atoms. The van der Waals surface area contributed by atoms with Crippen molar-refractivity contribution >= 4 is 11.8 Å². The van der Waals surface area contributed by atoms with Gasteiger partial charge in [0.1, 0.15) is 6.10 Å². The second-order valence-corrected chi connectivity index (χ2v) is 8.55. The van der Waals surface area contributed by atoms with Crippen LogP contribution < -0.4 is 0 Å². The van der Waals surface area contributed by atoms with E-state index in [4.69, 9.17) is 23.7 Å². The molecule has 0 N–H and O–H groups in total. The first kappa shape index (κ1) is 19.9. The second kappa shape index (κ2) is 7.27. The van der Waals surface area contributed by atoms with E-state index in [0.29, 0.717) is 18.6 Å². The molecule has 0 radical (unpaired) electrons. The van der Waals surface area contributed by atoms with E-state index in [1.54, 1.807) is 7.11 Å². The lowest BCUT2D eigenvalue weighted by Gasteiger charge is -2.54. The number of esters is 1. The van der Waals surface area contributed by atoms with Crippen LogP contribution in [0.5, 0.6) is 0 Å². The van der Waals surface area contributed by atoms with Gasteiger partial charge in [0.2, 0.25) is 0 Å². The molecule has 7 nitrogen and oxygen atoms in total. The van der Waals surface area contributed by atoms with E-state index in [0.717, 1.165) is 5.56 Å². The minimum absolute atomic E-state index is 0.0632. The number of benzene rings is 1. The van der Waals surface area contributed by atoms with Crippen LogP contribution in [-0.4, -0.2) is 51.1 Å². The molecular weight excluding hydrogens is 388 g/mol. The van der Waals surface area contributed by atoms with Crippen LogP contribution in [0.1, 0.15) is 25.2 Å². The summed E-state index contributed by atoms with van der Waals surface area (Å²) in [5.41, 5.74) is 0.914. The molecule has 3 fully saturated rings. The Bertz CT molecular complexity index is 881. The number of ether oxygens (including phenoxy) is 5. The predicted octanol–water partition coefficient (Wildman–Crippen LogP) is 2.41. The van der Waals surface area contributed by atoms with Crippen molar-refractivity contribution < 1.29 is 33.3 Å². The van der Waals surface area contributed by atoms with E-state index in [-0.39, 0.29) is 23.6 Å². The molecule has 2 heterocycles. The monoisotopic (exact) mass is 414 g/mol. The van der Waals surface area contributed by atoms with Crippen molar-refractivity contribution in [1.82, 2.24) is 0 Å². The summed E-state index contributed by atoms with van der Waals surface area (Å²) in [6.07, 6.45) is 0.348. The lowest BCUT2D eigenvalue weighted by Crippen LogP contribution is -2.63. The molecule has 30 heavy (non-hydrogen) atoms. The molecule has 7 heteroatoms. The van der Waals surface area contributed by atoms with Crippen molar-refractivity contribution in [2.24, 2.45) is 23.2 Å². The molecule has 1 aromatic carbocycles. The minimum Gasteiger partial charge on any atom is -0.469 e. The minimum atomic E-state index is -0.694. The quantitative estimate of drug-likeness (QED) is 0.703. The second-order valence-electron chi connectivity index (χ2n) is 8.55. The highest BCUT2D eigenvalue weighted by Crippen LogP contribution is 2.64. The molecule has 0 amide bonds. The maximum absolute atomic E-state index is 13.1. The van der Waals surface area contributed by atoms with Gasteiger partial charge in [-0.2, -0.15) is 0 Å². The molecule has 4 aliphatic rings. The SMILES string of the molecule is COC(=O)[C@@H]1C[C@@H]2C(=O)C(C)=C[C@]23[C@H]1[C@@H](OC)O[C@@H]1CO[C@@H](c2ccccc2)O[C@H]13. The largest absolute Gasteiger partial charge is 0.469 e. The van der Waals surface area contributed by atoms with Crippen LogP contribution in [-0.2, 0) is 33.3 Å². The molecule has 2 aliphatic heterocycles. The third-order valence-corrected chi connectivity index (χ3v) is 7.20. The predicted molar refractivity (Wildman–Crippen MR) is 104 cm³/mol. The Labute approximate surface area is 175 Å². The van der Waals surface area contributed by atoms with Gasteiger partial charge >= 0.3 is 5.97 Å². The summed E-state index contributed by atoms with van der Waals surface area (Å²) in [6, 6.07) is 9.70. The zero-order valence-electron chi connectivity index (χ0n) is 17.3. The van der Waals surface area contributed by atoms with E-state index in [9.17, 15) is 9.59 Å². The molecular formula is C23H26O7. The summed E-state index contributed by atoms with van der Waals surface area (Å²) >= 11 is 0. The number of carbonyl (C=O) groups excluding carboxylic acids is 2. The van der Waals surface area contributed by atoms with Gasteiger partial charge in [-0.05, 0) is 18.9 Å². The van der Waals surface area contributed by atoms with Gasteiger partial charge in [-0.25, -0.2) is 0 Å². The first-order valence-corrected chi connectivity index (χ1v) is 10.3. The Hall–Kier alpha value is -2.06. The van der Waals surface area contributed by atoms with E-state index >= 15 is 0 Å². The van der Waals surface area contributed by atoms with Crippen molar-refractivity contribution in [3.63, 3.8) is 0 Å². The fourth-order valence-electron chi connectivity index (χ4n) is 6.05. The van der Waals surface area contributed by atoms with Crippen LogP contribution in [0.2, 0.25) is 0 Å². The Kier molecular flexibility index (Phi) is 4.82. The number of Topliss-reactive ketones (excluding diaryl/α,β-unsaturated/α-hetero) is 1. The molecule has 0 unspecified atom stereocenters. The lowest BCUT2D eigenvalue weighted by molar-refractivity contribution is -0.357. The Morgan fingerprint density at radius 1 is 1.17 bits per heavy atom. The number of rotatable bonds is 3. The number of hydrogen-bond donors (Lipinski definition) is 0. The van der Waals surface area contributed by atoms with Crippen LogP contribution in [0.4, 0.5) is 0 Å². The molecule has 0 aromatic heterocycles. The number of methoxy groups -OCH3 is 2. The summed E-state index contributed by atoms with van der Waals surface area (Å²) in [6.45, 7) is 2.15. The summed E-state index contributed by atoms with van der Waals surface area (Å²) < 4.78 is 29.4. The maximum Gasteiger partial charge on any atom is 0.309 e. The first-order chi connectivity index (χ1) is 14.5. The van der Waals surface area contributed by atoms with E-state index in [2.05, 4.69) is 0 Å². The van der Waals surface area contributed by atoms with Gasteiger partial charge in [-0.15, -0.1) is 0 Å². The number of ketones is 1. The third kappa shape index (κ3) is 2.66. The number of carbonyl (C=O) groups is 2. The highest BCUT2D eigenvalue weighted by Gasteiger charge is 2.71. The van der Waals surface area contributed by atoms with Gasteiger partial charge in [0.05, 0.1) is 25.7 Å². The number of hydrogen-bond acceptors (Lipinski definition) is 7. The van der Waals surface area contributed by atoms with Crippen molar-refractivity contribution in [3.05, 3.63) is 47.5 Å². The zero-order valence-corrected chi connectivity index (χ0v) is 17.3. The molecule has 2 saturated heterocycles. The Morgan fingerprint density at radius 2 is 1.93 bits per heavy atom. The van der Waals surface area contributed by atoms with Crippen LogP contribution in [0.15, 0.2) is 42.0 Å². The van der Waals surface area contributed by atoms with Gasteiger partial charge in [0, 0.05) is 29.9 Å². The molecule has 1 spiro atoms. The third-order valence-electron chi connectivity index (χ3n) is 7.20. The van der Waals surface area contributed by atoms with Gasteiger partial charge in [-0.1, -0.05) is 36.4 Å². The smallest absolute Gasteiger partial charge is 0.309 e. The first-order valence-electron chi connectivity index (χ1n) is 10.3. The fraction of sp³-hybridized carbons (Fsp3) is 0.565. The van der Waals surface area contributed by atoms with Crippen molar-refractivity contribution in [2.45, 2.75) is 38.1 Å². The van der Waals surface area contributed by atoms with Crippen LogP contribution >= 0.6 is 0 Å².